The Morgan fingerprint density at radius 1 is 0.933 bits per heavy atom. The van der Waals surface area contributed by atoms with Gasteiger partial charge < -0.3 is 4.43 Å². The molecule has 0 aliphatic rings. The Balaban J connectivity index is 5.02. The zero-order valence-corrected chi connectivity index (χ0v) is 14.9. The van der Waals surface area contributed by atoms with Crippen LogP contribution in [0.2, 0.25) is 39.3 Å². The molecule has 1 nitrogen and oxygen atoms in total. The highest BCUT2D eigenvalue weighted by Gasteiger charge is 2.34. The first kappa shape index (κ1) is 15.6. The van der Waals surface area contributed by atoms with Crippen molar-refractivity contribution in [2.75, 3.05) is 0 Å². The summed E-state index contributed by atoms with van der Waals surface area (Å²) < 4.78 is 6.28. The molecule has 0 fully saturated rings. The van der Waals surface area contributed by atoms with Crippen LogP contribution < -0.4 is 0 Å². The van der Waals surface area contributed by atoms with E-state index in [1.165, 1.54) is 5.48 Å². The fourth-order valence-corrected chi connectivity index (χ4v) is 7.74. The van der Waals surface area contributed by atoms with Gasteiger partial charge in [-0.2, -0.15) is 0 Å². The topological polar surface area (TPSA) is 9.23 Å². The van der Waals surface area contributed by atoms with Gasteiger partial charge in [0, 0.05) is 5.41 Å². The summed E-state index contributed by atoms with van der Waals surface area (Å²) in [5.41, 5.74) is 1.57. The summed E-state index contributed by atoms with van der Waals surface area (Å²) in [6.45, 7) is 20.9. The van der Waals surface area contributed by atoms with E-state index in [0.29, 0.717) is 0 Å². The van der Waals surface area contributed by atoms with Crippen LogP contribution in [0, 0.1) is 5.41 Å². The van der Waals surface area contributed by atoms with E-state index >= 15 is 0 Å². The lowest BCUT2D eigenvalue weighted by Crippen LogP contribution is -2.35. The molecule has 0 rings (SSSR count). The Bertz CT molecular complexity index is 241. The van der Waals surface area contributed by atoms with Gasteiger partial charge in [-0.15, -0.1) is 0 Å². The van der Waals surface area contributed by atoms with Gasteiger partial charge in [0.15, 0.2) is 8.32 Å². The van der Waals surface area contributed by atoms with Crippen LogP contribution in [0.25, 0.3) is 0 Å². The first-order chi connectivity index (χ1) is 6.31. The van der Waals surface area contributed by atoms with Crippen molar-refractivity contribution in [2.45, 2.75) is 60.1 Å². The molecule has 0 saturated heterocycles. The van der Waals surface area contributed by atoms with E-state index in [-0.39, 0.29) is 5.41 Å². The van der Waals surface area contributed by atoms with Crippen molar-refractivity contribution in [3.8, 4) is 0 Å². The van der Waals surface area contributed by atoms with E-state index < -0.39 is 16.1 Å². The second kappa shape index (κ2) is 4.83. The predicted molar refractivity (Wildman–Crippen MR) is 80.6 cm³/mol. The van der Waals surface area contributed by atoms with Crippen molar-refractivity contribution in [3.05, 3.63) is 0 Å². The second-order valence-electron chi connectivity index (χ2n) is 7.17. The van der Waals surface area contributed by atoms with Gasteiger partial charge >= 0.3 is 0 Å². The third-order valence-corrected chi connectivity index (χ3v) is 7.36. The van der Waals surface area contributed by atoms with Crippen molar-refractivity contribution in [1.82, 2.24) is 0 Å². The van der Waals surface area contributed by atoms with Crippen LogP contribution in [0.15, 0.2) is 0 Å². The summed E-state index contributed by atoms with van der Waals surface area (Å²) in [7, 11) is -1.55. The van der Waals surface area contributed by atoms with Gasteiger partial charge in [0.1, 0.15) is 0 Å². The number of hydrogen-bond acceptors (Lipinski definition) is 1. The quantitative estimate of drug-likeness (QED) is 0.537. The largest absolute Gasteiger partial charge is 0.358 e. The second-order valence-corrected chi connectivity index (χ2v) is 22.1. The average molecular weight is 263 g/mol. The molecule has 0 N–H and O–H groups in total. The highest BCUT2D eigenvalue weighted by atomic mass is 31.3. The summed E-state index contributed by atoms with van der Waals surface area (Å²) in [5, 5.41) is 0. The minimum Gasteiger partial charge on any atom is -0.358 e. The van der Waals surface area contributed by atoms with Crippen LogP contribution in [0.4, 0.5) is 0 Å². The number of rotatable bonds is 3. The SMILES string of the molecule is CC(C)(C)C(O[Si](C)(C)C)=[PH+][Si](C)(C)C. The number of hydrogen-bond donors (Lipinski definition) is 0. The van der Waals surface area contributed by atoms with Gasteiger partial charge in [0.05, 0.1) is 7.75 Å². The summed E-state index contributed by atoms with van der Waals surface area (Å²) in [6.07, 6.45) is 0. The standard InChI is InChI=1S/C11H27OPSi2/c1-11(2,3)10(12-14(4,5)6)13-15(7,8)9/h1-9H3/p+1. The summed E-state index contributed by atoms with van der Waals surface area (Å²) in [4.78, 5) is 0. The van der Waals surface area contributed by atoms with E-state index in [2.05, 4.69) is 60.1 Å². The minimum absolute atomic E-state index is 0.207. The molecule has 0 bridgehead atoms. The van der Waals surface area contributed by atoms with Crippen LogP contribution in [0.5, 0.6) is 0 Å². The van der Waals surface area contributed by atoms with Gasteiger partial charge in [0.25, 0.3) is 7.74 Å². The highest BCUT2D eigenvalue weighted by molar-refractivity contribution is 7.81. The third kappa shape index (κ3) is 8.38. The minimum atomic E-state index is -1.44. The molecule has 0 amide bonds. The van der Waals surface area contributed by atoms with Crippen molar-refractivity contribution in [1.29, 1.82) is 0 Å². The highest BCUT2D eigenvalue weighted by Crippen LogP contribution is 2.30. The maximum absolute atomic E-state index is 6.28. The molecule has 0 aromatic carbocycles. The van der Waals surface area contributed by atoms with Gasteiger partial charge in [-0.05, 0) is 39.3 Å². The van der Waals surface area contributed by atoms with Crippen LogP contribution in [-0.4, -0.2) is 21.5 Å². The van der Waals surface area contributed by atoms with E-state index in [1.807, 2.05) is 0 Å². The van der Waals surface area contributed by atoms with Gasteiger partial charge in [-0.3, -0.25) is 0 Å². The monoisotopic (exact) mass is 263 g/mol. The molecule has 1 unspecified atom stereocenters. The van der Waals surface area contributed by atoms with Crippen molar-refractivity contribution < 1.29 is 4.43 Å². The molecule has 0 radical (unpaired) electrons. The molecule has 0 heterocycles. The van der Waals surface area contributed by atoms with Crippen LogP contribution in [0.1, 0.15) is 20.8 Å². The zero-order valence-electron chi connectivity index (χ0n) is 11.9. The molecule has 4 heteroatoms. The molecular formula is C11H28OPSi2+. The Kier molecular flexibility index (Phi) is 5.01. The molecule has 0 aromatic heterocycles. The molecule has 0 spiro atoms. The molecule has 0 aliphatic carbocycles. The van der Waals surface area contributed by atoms with Crippen LogP contribution in [-0.2, 0) is 4.43 Å². The molecule has 15 heavy (non-hydrogen) atoms. The summed E-state index contributed by atoms with van der Waals surface area (Å²) in [5.74, 6) is 0. The van der Waals surface area contributed by atoms with Crippen molar-refractivity contribution in [3.63, 3.8) is 0 Å². The third-order valence-electron chi connectivity index (χ3n) is 1.58. The molecular weight excluding hydrogens is 235 g/mol. The fraction of sp³-hybridized carbons (Fsp3) is 0.909. The van der Waals surface area contributed by atoms with Gasteiger partial charge in [0.2, 0.25) is 5.48 Å². The molecule has 0 aliphatic heterocycles. The summed E-state index contributed by atoms with van der Waals surface area (Å²) >= 11 is 0. The maximum atomic E-state index is 6.28. The maximum Gasteiger partial charge on any atom is 0.279 e. The normalized spacial score (nSPS) is 15.7. The lowest BCUT2D eigenvalue weighted by atomic mass is 9.99. The van der Waals surface area contributed by atoms with Crippen LogP contribution in [0.3, 0.4) is 0 Å². The smallest absolute Gasteiger partial charge is 0.279 e. The van der Waals surface area contributed by atoms with Gasteiger partial charge in [-0.1, -0.05) is 20.8 Å². The molecule has 0 aromatic rings. The lowest BCUT2D eigenvalue weighted by molar-refractivity contribution is 0.447. The van der Waals surface area contributed by atoms with Crippen molar-refractivity contribution >= 4 is 29.3 Å². The van der Waals surface area contributed by atoms with Crippen LogP contribution >= 0.6 is 7.75 Å². The zero-order chi connectivity index (χ0) is 12.5. The van der Waals surface area contributed by atoms with Crippen molar-refractivity contribution in [2.24, 2.45) is 5.41 Å². The Morgan fingerprint density at radius 2 is 1.33 bits per heavy atom. The first-order valence-corrected chi connectivity index (χ1v) is 14.6. The van der Waals surface area contributed by atoms with E-state index in [0.717, 1.165) is 7.75 Å². The van der Waals surface area contributed by atoms with Gasteiger partial charge in [-0.25, -0.2) is 0 Å². The predicted octanol–water partition coefficient (Wildman–Crippen LogP) is 4.53. The molecule has 90 valence electrons. The van der Waals surface area contributed by atoms with E-state index in [4.69, 9.17) is 4.43 Å². The lowest BCUT2D eigenvalue weighted by Gasteiger charge is -2.25. The van der Waals surface area contributed by atoms with E-state index in [1.54, 1.807) is 0 Å². The Labute approximate surface area is 99.4 Å². The fourth-order valence-electron chi connectivity index (χ4n) is 1.01. The average Bonchev–Trinajstić information content (AvgIpc) is 1.75. The summed E-state index contributed by atoms with van der Waals surface area (Å²) in [6, 6.07) is 0. The first-order valence-electron chi connectivity index (χ1n) is 5.66. The Hall–Kier alpha value is 0.564. The Morgan fingerprint density at radius 3 is 1.53 bits per heavy atom. The molecule has 1 atom stereocenters. The molecule has 0 saturated carbocycles. The van der Waals surface area contributed by atoms with E-state index in [9.17, 15) is 0 Å².